The second kappa shape index (κ2) is 9.84. The van der Waals surface area contributed by atoms with Crippen molar-refractivity contribution in [3.8, 4) is 16.9 Å². The van der Waals surface area contributed by atoms with E-state index in [1.807, 2.05) is 12.1 Å². The van der Waals surface area contributed by atoms with Gasteiger partial charge in [-0.25, -0.2) is 4.79 Å². The highest BCUT2D eigenvalue weighted by atomic mass is 16.5. The number of nitrogens with one attached hydrogen (secondary N) is 1. The lowest BCUT2D eigenvalue weighted by Crippen LogP contribution is -2.34. The van der Waals surface area contributed by atoms with Gasteiger partial charge in [0.05, 0.1) is 11.7 Å². The summed E-state index contributed by atoms with van der Waals surface area (Å²) in [6, 6.07) is 13.9. The molecule has 1 heterocycles. The maximum absolute atomic E-state index is 12.1. The molecule has 0 bridgehead atoms. The second-order valence-electron chi connectivity index (χ2n) is 6.71. The van der Waals surface area contributed by atoms with Crippen molar-refractivity contribution in [2.75, 3.05) is 19.8 Å². The highest BCUT2D eigenvalue weighted by Gasteiger charge is 2.17. The first kappa shape index (κ1) is 20.5. The van der Waals surface area contributed by atoms with E-state index in [0.29, 0.717) is 17.9 Å². The predicted octanol–water partition coefficient (Wildman–Crippen LogP) is 2.73. The summed E-state index contributed by atoms with van der Waals surface area (Å²) < 4.78 is 15.5. The van der Waals surface area contributed by atoms with Crippen molar-refractivity contribution in [3.63, 3.8) is 0 Å². The minimum atomic E-state index is -0.561. The molecule has 7 heteroatoms. The molecular formula is C22H23NO6. The van der Waals surface area contributed by atoms with Crippen LogP contribution in [0.2, 0.25) is 0 Å². The molecule has 0 spiro atoms. The minimum absolute atomic E-state index is 0.0466. The van der Waals surface area contributed by atoms with Crippen LogP contribution in [0.15, 0.2) is 48.5 Å². The molecule has 152 valence electrons. The van der Waals surface area contributed by atoms with E-state index in [2.05, 4.69) is 5.32 Å². The van der Waals surface area contributed by atoms with E-state index in [0.717, 1.165) is 30.6 Å². The zero-order valence-electron chi connectivity index (χ0n) is 16.2. The number of amides is 1. The van der Waals surface area contributed by atoms with Crippen LogP contribution in [-0.4, -0.2) is 43.7 Å². The number of esters is 2. The van der Waals surface area contributed by atoms with Crippen molar-refractivity contribution in [3.05, 3.63) is 54.1 Å². The molecule has 1 saturated heterocycles. The van der Waals surface area contributed by atoms with Gasteiger partial charge in [-0.15, -0.1) is 0 Å². The molecule has 1 N–H and O–H groups in total. The minimum Gasteiger partial charge on any atom is -0.452 e. The maximum atomic E-state index is 12.1. The zero-order chi connectivity index (χ0) is 20.6. The first-order valence-electron chi connectivity index (χ1n) is 9.45. The number of benzene rings is 2. The van der Waals surface area contributed by atoms with Crippen LogP contribution < -0.4 is 10.1 Å². The summed E-state index contributed by atoms with van der Waals surface area (Å²) in [7, 11) is 0. The molecule has 29 heavy (non-hydrogen) atoms. The van der Waals surface area contributed by atoms with Crippen LogP contribution in [0.5, 0.6) is 5.75 Å². The standard InChI is InChI=1S/C22H23NO6/c1-15(24)29-19-10-8-17(9-11-19)16-4-6-18(7-5-16)22(26)28-14-21(25)23-13-20-3-2-12-27-20/h4-11,20H,2-3,12-14H2,1H3,(H,23,25)/t20-/m0/s1. The monoisotopic (exact) mass is 397 g/mol. The van der Waals surface area contributed by atoms with Crippen LogP contribution in [0.3, 0.4) is 0 Å². The molecule has 7 nitrogen and oxygen atoms in total. The van der Waals surface area contributed by atoms with Crippen LogP contribution in [0.4, 0.5) is 0 Å². The van der Waals surface area contributed by atoms with Gasteiger partial charge in [0.1, 0.15) is 5.75 Å². The molecule has 0 aliphatic carbocycles. The summed E-state index contributed by atoms with van der Waals surface area (Å²) >= 11 is 0. The lowest BCUT2D eigenvalue weighted by molar-refractivity contribution is -0.131. The van der Waals surface area contributed by atoms with E-state index in [1.54, 1.807) is 36.4 Å². The van der Waals surface area contributed by atoms with Gasteiger partial charge in [-0.1, -0.05) is 24.3 Å². The van der Waals surface area contributed by atoms with Gasteiger partial charge in [-0.05, 0) is 48.2 Å². The fourth-order valence-electron chi connectivity index (χ4n) is 2.98. The normalized spacial score (nSPS) is 15.6. The smallest absolute Gasteiger partial charge is 0.338 e. The number of carbonyl (C=O) groups excluding carboxylic acids is 3. The molecular weight excluding hydrogens is 374 g/mol. The molecule has 2 aromatic carbocycles. The Labute approximate surface area is 169 Å². The first-order chi connectivity index (χ1) is 14.0. The Balaban J connectivity index is 1.49. The topological polar surface area (TPSA) is 90.9 Å². The summed E-state index contributed by atoms with van der Waals surface area (Å²) in [5, 5.41) is 2.71. The fourth-order valence-corrected chi connectivity index (χ4v) is 2.98. The predicted molar refractivity (Wildman–Crippen MR) is 105 cm³/mol. The Morgan fingerprint density at radius 1 is 1.03 bits per heavy atom. The van der Waals surface area contributed by atoms with Gasteiger partial charge in [0.2, 0.25) is 0 Å². The van der Waals surface area contributed by atoms with Gasteiger partial charge in [0.15, 0.2) is 6.61 Å². The number of hydrogen-bond donors (Lipinski definition) is 1. The summed E-state index contributed by atoms with van der Waals surface area (Å²) in [6.07, 6.45) is 1.98. The Hall–Kier alpha value is -3.19. The molecule has 1 aliphatic rings. The largest absolute Gasteiger partial charge is 0.452 e. The Morgan fingerprint density at radius 2 is 1.69 bits per heavy atom. The lowest BCUT2D eigenvalue weighted by atomic mass is 10.0. The summed E-state index contributed by atoms with van der Waals surface area (Å²) in [5.74, 6) is -0.812. The second-order valence-corrected chi connectivity index (χ2v) is 6.71. The van der Waals surface area contributed by atoms with Crippen molar-refractivity contribution in [2.45, 2.75) is 25.9 Å². The van der Waals surface area contributed by atoms with E-state index < -0.39 is 5.97 Å². The van der Waals surface area contributed by atoms with E-state index in [4.69, 9.17) is 14.2 Å². The molecule has 0 aromatic heterocycles. The molecule has 1 atom stereocenters. The van der Waals surface area contributed by atoms with Crippen LogP contribution in [0.25, 0.3) is 11.1 Å². The molecule has 0 radical (unpaired) electrons. The van der Waals surface area contributed by atoms with E-state index >= 15 is 0 Å². The van der Waals surface area contributed by atoms with Crippen LogP contribution in [0, 0.1) is 0 Å². The molecule has 1 fully saturated rings. The molecule has 3 rings (SSSR count). The molecule has 0 saturated carbocycles. The van der Waals surface area contributed by atoms with Gasteiger partial charge < -0.3 is 19.5 Å². The van der Waals surface area contributed by atoms with Gasteiger partial charge in [-0.3, -0.25) is 9.59 Å². The summed E-state index contributed by atoms with van der Waals surface area (Å²) in [5.41, 5.74) is 2.16. The third-order valence-corrected chi connectivity index (χ3v) is 4.46. The van der Waals surface area contributed by atoms with Gasteiger partial charge >= 0.3 is 11.9 Å². The van der Waals surface area contributed by atoms with E-state index in [1.165, 1.54) is 6.92 Å². The van der Waals surface area contributed by atoms with Gasteiger partial charge in [0, 0.05) is 20.1 Å². The van der Waals surface area contributed by atoms with Crippen molar-refractivity contribution >= 4 is 17.8 Å². The number of hydrogen-bond acceptors (Lipinski definition) is 6. The zero-order valence-corrected chi connectivity index (χ0v) is 16.2. The summed E-state index contributed by atoms with van der Waals surface area (Å²) in [6.45, 7) is 2.17. The molecule has 0 unspecified atom stereocenters. The quantitative estimate of drug-likeness (QED) is 0.571. The third kappa shape index (κ3) is 6.15. The first-order valence-corrected chi connectivity index (χ1v) is 9.45. The van der Waals surface area contributed by atoms with Crippen LogP contribution in [-0.2, 0) is 19.1 Å². The van der Waals surface area contributed by atoms with Crippen molar-refractivity contribution in [2.24, 2.45) is 0 Å². The average Bonchev–Trinajstić information content (AvgIpc) is 3.24. The van der Waals surface area contributed by atoms with Crippen molar-refractivity contribution < 1.29 is 28.6 Å². The molecule has 1 amide bonds. The highest BCUT2D eigenvalue weighted by molar-refractivity contribution is 5.91. The number of ether oxygens (including phenoxy) is 3. The molecule has 1 aliphatic heterocycles. The van der Waals surface area contributed by atoms with Crippen molar-refractivity contribution in [1.82, 2.24) is 5.32 Å². The Kier molecular flexibility index (Phi) is 6.97. The SMILES string of the molecule is CC(=O)Oc1ccc(-c2ccc(C(=O)OCC(=O)NC[C@@H]3CCCO3)cc2)cc1. The fraction of sp³-hybridized carbons (Fsp3) is 0.318. The Bertz CT molecular complexity index is 854. The van der Waals surface area contributed by atoms with Crippen LogP contribution >= 0.6 is 0 Å². The van der Waals surface area contributed by atoms with E-state index in [9.17, 15) is 14.4 Å². The maximum Gasteiger partial charge on any atom is 0.338 e. The van der Waals surface area contributed by atoms with Gasteiger partial charge in [0.25, 0.3) is 5.91 Å². The summed E-state index contributed by atoms with van der Waals surface area (Å²) in [4.78, 5) is 34.9. The lowest BCUT2D eigenvalue weighted by Gasteiger charge is -2.11. The average molecular weight is 397 g/mol. The Morgan fingerprint density at radius 3 is 2.28 bits per heavy atom. The van der Waals surface area contributed by atoms with Gasteiger partial charge in [-0.2, -0.15) is 0 Å². The third-order valence-electron chi connectivity index (χ3n) is 4.46. The van der Waals surface area contributed by atoms with Crippen LogP contribution in [0.1, 0.15) is 30.1 Å². The van der Waals surface area contributed by atoms with Crippen molar-refractivity contribution in [1.29, 1.82) is 0 Å². The number of carbonyl (C=O) groups is 3. The highest BCUT2D eigenvalue weighted by Crippen LogP contribution is 2.23. The number of rotatable bonds is 7. The molecule has 2 aromatic rings. The van der Waals surface area contributed by atoms with E-state index in [-0.39, 0.29) is 24.6 Å².